The molecular formula is C12H11N5O2S. The summed E-state index contributed by atoms with van der Waals surface area (Å²) in [5, 5.41) is 8.99. The van der Waals surface area contributed by atoms with Gasteiger partial charge in [-0.1, -0.05) is 0 Å². The van der Waals surface area contributed by atoms with Crippen molar-refractivity contribution in [1.29, 1.82) is 5.26 Å². The predicted molar refractivity (Wildman–Crippen MR) is 68.8 cm³/mol. The van der Waals surface area contributed by atoms with E-state index in [1.54, 1.807) is 6.20 Å². The number of pyridine rings is 1. The van der Waals surface area contributed by atoms with Gasteiger partial charge in [0.05, 0.1) is 6.54 Å². The summed E-state index contributed by atoms with van der Waals surface area (Å²) in [5.41, 5.74) is -0.0820. The predicted octanol–water partition coefficient (Wildman–Crippen LogP) is 0.354. The van der Waals surface area contributed by atoms with Crippen molar-refractivity contribution in [3.63, 3.8) is 0 Å². The molecule has 0 radical (unpaired) electrons. The Hall–Kier alpha value is -2.24. The Morgan fingerprint density at radius 3 is 2.90 bits per heavy atom. The Kier molecular flexibility index (Phi) is 3.00. The van der Waals surface area contributed by atoms with E-state index in [0.717, 1.165) is 0 Å². The molecule has 7 nitrogen and oxygen atoms in total. The van der Waals surface area contributed by atoms with Gasteiger partial charge in [-0.2, -0.15) is 9.57 Å². The molecule has 3 heterocycles. The van der Waals surface area contributed by atoms with Gasteiger partial charge in [-0.3, -0.25) is 0 Å². The standard InChI is InChI=1S/C12H11N5O2S/c13-8-10-11(2-1-3-14-10)20(18,19)17-7-6-16-5-4-15-12(16)9-17/h1-5H,6-7,9H2. The average molecular weight is 289 g/mol. The number of nitriles is 1. The first-order valence-electron chi connectivity index (χ1n) is 5.98. The fourth-order valence-corrected chi connectivity index (χ4v) is 3.66. The second kappa shape index (κ2) is 4.70. The second-order valence-corrected chi connectivity index (χ2v) is 6.24. The highest BCUT2D eigenvalue weighted by atomic mass is 32.2. The highest BCUT2D eigenvalue weighted by Crippen LogP contribution is 2.22. The maximum atomic E-state index is 12.6. The Morgan fingerprint density at radius 2 is 2.10 bits per heavy atom. The van der Waals surface area contributed by atoms with Gasteiger partial charge in [0, 0.05) is 31.7 Å². The zero-order chi connectivity index (χ0) is 14.2. The first kappa shape index (κ1) is 12.8. The molecule has 0 N–H and O–H groups in total. The molecule has 3 rings (SSSR count). The van der Waals surface area contributed by atoms with Gasteiger partial charge in [-0.15, -0.1) is 0 Å². The molecule has 0 saturated carbocycles. The van der Waals surface area contributed by atoms with Crippen LogP contribution in [0.2, 0.25) is 0 Å². The number of rotatable bonds is 2. The van der Waals surface area contributed by atoms with E-state index in [0.29, 0.717) is 18.9 Å². The third-order valence-electron chi connectivity index (χ3n) is 3.20. The van der Waals surface area contributed by atoms with E-state index in [4.69, 9.17) is 5.26 Å². The minimum atomic E-state index is -3.73. The number of sulfonamides is 1. The van der Waals surface area contributed by atoms with Crippen LogP contribution in [-0.2, 0) is 23.1 Å². The highest BCUT2D eigenvalue weighted by molar-refractivity contribution is 7.89. The highest BCUT2D eigenvalue weighted by Gasteiger charge is 2.31. The van der Waals surface area contributed by atoms with Crippen molar-refractivity contribution < 1.29 is 8.42 Å². The van der Waals surface area contributed by atoms with Crippen LogP contribution in [0, 0.1) is 11.3 Å². The normalized spacial score (nSPS) is 15.6. The molecule has 0 fully saturated rings. The van der Waals surface area contributed by atoms with Gasteiger partial charge in [0.2, 0.25) is 10.0 Å². The number of nitrogens with zero attached hydrogens (tertiary/aromatic N) is 5. The number of aromatic nitrogens is 3. The van der Waals surface area contributed by atoms with Crippen LogP contribution in [0.15, 0.2) is 35.6 Å². The zero-order valence-electron chi connectivity index (χ0n) is 10.5. The number of hydrogen-bond donors (Lipinski definition) is 0. The molecule has 1 aliphatic rings. The lowest BCUT2D eigenvalue weighted by atomic mass is 10.4. The van der Waals surface area contributed by atoms with Gasteiger partial charge in [0.1, 0.15) is 16.8 Å². The fraction of sp³-hybridized carbons (Fsp3) is 0.250. The summed E-state index contributed by atoms with van der Waals surface area (Å²) in [5.74, 6) is 0.697. The first-order valence-corrected chi connectivity index (χ1v) is 7.42. The van der Waals surface area contributed by atoms with Crippen molar-refractivity contribution in [2.75, 3.05) is 6.54 Å². The number of fused-ring (bicyclic) bond motifs is 1. The summed E-state index contributed by atoms with van der Waals surface area (Å²) >= 11 is 0. The monoisotopic (exact) mass is 289 g/mol. The Bertz CT molecular complexity index is 790. The van der Waals surface area contributed by atoms with E-state index >= 15 is 0 Å². The van der Waals surface area contributed by atoms with Gasteiger partial charge >= 0.3 is 0 Å². The van der Waals surface area contributed by atoms with Crippen molar-refractivity contribution in [3.05, 3.63) is 42.2 Å². The van der Waals surface area contributed by atoms with Gasteiger partial charge in [0.15, 0.2) is 5.69 Å². The van der Waals surface area contributed by atoms with Crippen molar-refractivity contribution in [2.45, 2.75) is 18.0 Å². The van der Waals surface area contributed by atoms with Crippen LogP contribution in [0.4, 0.5) is 0 Å². The van der Waals surface area contributed by atoms with Crippen LogP contribution in [0.25, 0.3) is 0 Å². The summed E-state index contributed by atoms with van der Waals surface area (Å²) in [6, 6.07) is 4.73. The van der Waals surface area contributed by atoms with E-state index in [2.05, 4.69) is 9.97 Å². The van der Waals surface area contributed by atoms with Gasteiger partial charge in [0.25, 0.3) is 0 Å². The quantitative estimate of drug-likeness (QED) is 0.795. The van der Waals surface area contributed by atoms with Crippen molar-refractivity contribution in [1.82, 2.24) is 18.8 Å². The molecule has 0 atom stereocenters. The van der Waals surface area contributed by atoms with Gasteiger partial charge in [-0.05, 0) is 12.1 Å². The minimum Gasteiger partial charge on any atom is -0.333 e. The molecule has 0 spiro atoms. The summed E-state index contributed by atoms with van der Waals surface area (Å²) in [6.45, 7) is 1.11. The Morgan fingerprint density at radius 1 is 1.25 bits per heavy atom. The lowest BCUT2D eigenvalue weighted by Gasteiger charge is -2.27. The first-order chi connectivity index (χ1) is 9.63. The summed E-state index contributed by atoms with van der Waals surface area (Å²) in [4.78, 5) is 7.88. The third-order valence-corrected chi connectivity index (χ3v) is 5.08. The Balaban J connectivity index is 2.00. The average Bonchev–Trinajstić information content (AvgIpc) is 2.94. The summed E-state index contributed by atoms with van der Waals surface area (Å²) < 4.78 is 28.4. The van der Waals surface area contributed by atoms with Crippen LogP contribution in [0.5, 0.6) is 0 Å². The smallest absolute Gasteiger partial charge is 0.246 e. The molecule has 102 valence electrons. The molecule has 0 unspecified atom stereocenters. The van der Waals surface area contributed by atoms with E-state index in [-0.39, 0.29) is 17.1 Å². The summed E-state index contributed by atoms with van der Waals surface area (Å²) in [7, 11) is -3.73. The lowest BCUT2D eigenvalue weighted by molar-refractivity contribution is 0.335. The SMILES string of the molecule is N#Cc1ncccc1S(=O)(=O)N1CCn2ccnc2C1. The third kappa shape index (κ3) is 1.97. The number of imidazole rings is 1. The number of hydrogen-bond acceptors (Lipinski definition) is 5. The van der Waals surface area contributed by atoms with E-state index in [1.165, 1.54) is 22.6 Å². The van der Waals surface area contributed by atoms with E-state index in [9.17, 15) is 8.42 Å². The largest absolute Gasteiger partial charge is 0.333 e. The molecule has 8 heteroatoms. The molecule has 20 heavy (non-hydrogen) atoms. The maximum Gasteiger partial charge on any atom is 0.246 e. The van der Waals surface area contributed by atoms with Gasteiger partial charge < -0.3 is 4.57 Å². The van der Waals surface area contributed by atoms with Crippen LogP contribution in [-0.4, -0.2) is 33.8 Å². The lowest BCUT2D eigenvalue weighted by Crippen LogP contribution is -2.38. The van der Waals surface area contributed by atoms with Crippen molar-refractivity contribution in [3.8, 4) is 6.07 Å². The molecule has 0 bridgehead atoms. The Labute approximate surface area is 116 Å². The van der Waals surface area contributed by atoms with Crippen molar-refractivity contribution in [2.24, 2.45) is 0 Å². The molecule has 0 aromatic carbocycles. The van der Waals surface area contributed by atoms with Gasteiger partial charge in [-0.25, -0.2) is 18.4 Å². The fourth-order valence-electron chi connectivity index (χ4n) is 2.18. The van der Waals surface area contributed by atoms with Crippen LogP contribution >= 0.6 is 0 Å². The topological polar surface area (TPSA) is 91.9 Å². The maximum absolute atomic E-state index is 12.6. The molecule has 0 saturated heterocycles. The van der Waals surface area contributed by atoms with Crippen LogP contribution in [0.1, 0.15) is 11.5 Å². The molecule has 0 amide bonds. The van der Waals surface area contributed by atoms with E-state index in [1.807, 2.05) is 16.8 Å². The molecule has 2 aromatic rings. The van der Waals surface area contributed by atoms with Crippen molar-refractivity contribution >= 4 is 10.0 Å². The van der Waals surface area contributed by atoms with Crippen LogP contribution in [0.3, 0.4) is 0 Å². The minimum absolute atomic E-state index is 0.0532. The molecule has 0 aliphatic carbocycles. The second-order valence-electron chi connectivity index (χ2n) is 4.34. The molecule has 2 aromatic heterocycles. The summed E-state index contributed by atoms with van der Waals surface area (Å²) in [6.07, 6.45) is 4.88. The van der Waals surface area contributed by atoms with E-state index < -0.39 is 10.0 Å². The molecular weight excluding hydrogens is 278 g/mol. The molecule has 1 aliphatic heterocycles. The van der Waals surface area contributed by atoms with Crippen LogP contribution < -0.4 is 0 Å². The zero-order valence-corrected chi connectivity index (χ0v) is 11.3.